The molecule has 0 radical (unpaired) electrons. The average Bonchev–Trinajstić information content (AvgIpc) is 4.05. The van der Waals surface area contributed by atoms with Gasteiger partial charge in [0.25, 0.3) is 0 Å². The van der Waals surface area contributed by atoms with Gasteiger partial charge < -0.3 is 8.83 Å². The van der Waals surface area contributed by atoms with Gasteiger partial charge in [-0.05, 0) is 82.4 Å². The van der Waals surface area contributed by atoms with E-state index < -0.39 is 0 Å². The van der Waals surface area contributed by atoms with Gasteiger partial charge >= 0.3 is 0 Å². The topological polar surface area (TPSA) is 77.8 Å². The lowest BCUT2D eigenvalue weighted by molar-refractivity contribution is 0.669. The predicted molar refractivity (Wildman–Crippen MR) is 258 cm³/mol. The molecule has 0 N–H and O–H groups in total. The highest BCUT2D eigenvalue weighted by molar-refractivity contribution is 7.25. The quantitative estimate of drug-likeness (QED) is 0.166. The maximum Gasteiger partial charge on any atom is 0.164 e. The second-order valence-electron chi connectivity index (χ2n) is 15.8. The van der Waals surface area contributed by atoms with Crippen LogP contribution in [0.15, 0.2) is 203 Å². The van der Waals surface area contributed by atoms with E-state index in [4.69, 9.17) is 23.8 Å². The van der Waals surface area contributed by atoms with Crippen LogP contribution < -0.4 is 0 Å². The molecule has 63 heavy (non-hydrogen) atoms. The third-order valence-corrected chi connectivity index (χ3v) is 13.2. The van der Waals surface area contributed by atoms with Crippen LogP contribution in [-0.2, 0) is 0 Å². The van der Waals surface area contributed by atoms with Gasteiger partial charge in [-0.3, -0.25) is 4.98 Å². The molecule has 0 aliphatic rings. The van der Waals surface area contributed by atoms with Crippen molar-refractivity contribution in [1.29, 1.82) is 0 Å². The standard InChI is InChI=1S/C56H32N4O2S/c1-4-12-47-42(9-1)43-25-23-38(31-49(43)61-47)56-59-54(35-19-15-33(16-20-35)39-8-7-29-57-32-39)58-55(60-56)36-21-17-34(18-22-36)40-26-27-41(53-52(40)45-11-2-5-13-48(45)62-53)37-24-28-51-46(30-37)44-10-3-6-14-50(44)63-51/h1-32H. The fourth-order valence-electron chi connectivity index (χ4n) is 8.96. The lowest BCUT2D eigenvalue weighted by Crippen LogP contribution is -2.00. The monoisotopic (exact) mass is 824 g/mol. The number of furan rings is 2. The van der Waals surface area contributed by atoms with E-state index in [0.29, 0.717) is 17.5 Å². The molecule has 0 bridgehead atoms. The number of benzene rings is 8. The second-order valence-corrected chi connectivity index (χ2v) is 16.9. The third kappa shape index (κ3) is 5.93. The minimum Gasteiger partial charge on any atom is -0.456 e. The molecule has 7 heteroatoms. The third-order valence-electron chi connectivity index (χ3n) is 12.1. The Hall–Kier alpha value is -8.26. The number of thiophene rings is 1. The summed E-state index contributed by atoms with van der Waals surface area (Å²) in [5.74, 6) is 1.72. The summed E-state index contributed by atoms with van der Waals surface area (Å²) in [6, 6.07) is 63.2. The van der Waals surface area contributed by atoms with Crippen molar-refractivity contribution in [2.75, 3.05) is 0 Å². The van der Waals surface area contributed by atoms with Crippen molar-refractivity contribution in [3.8, 4) is 67.5 Å². The van der Waals surface area contributed by atoms with E-state index in [0.717, 1.165) is 93.9 Å². The van der Waals surface area contributed by atoms with Gasteiger partial charge in [0.05, 0.1) is 0 Å². The SMILES string of the molecule is c1cncc(-c2ccc(-c3nc(-c4ccc(-c5ccc(-c6ccc7sc8ccccc8c7c6)c6oc7ccccc7c56)cc4)nc(-c4ccc5c(c4)oc4ccccc45)n3)cc2)c1. The van der Waals surface area contributed by atoms with E-state index in [2.05, 4.69) is 151 Å². The molecule has 294 valence electrons. The Balaban J connectivity index is 0.923. The van der Waals surface area contributed by atoms with Crippen LogP contribution >= 0.6 is 11.3 Å². The fraction of sp³-hybridized carbons (Fsp3) is 0. The predicted octanol–water partition coefficient (Wildman–Crippen LogP) is 15.4. The number of para-hydroxylation sites is 2. The lowest BCUT2D eigenvalue weighted by atomic mass is 9.93. The highest BCUT2D eigenvalue weighted by Crippen LogP contribution is 2.44. The van der Waals surface area contributed by atoms with Crippen LogP contribution in [0.5, 0.6) is 0 Å². The molecule has 5 heterocycles. The van der Waals surface area contributed by atoms with Gasteiger partial charge in [0.2, 0.25) is 0 Å². The van der Waals surface area contributed by atoms with Crippen molar-refractivity contribution in [2.24, 2.45) is 0 Å². The highest BCUT2D eigenvalue weighted by atomic mass is 32.1. The molecule has 0 saturated carbocycles. The summed E-state index contributed by atoms with van der Waals surface area (Å²) < 4.78 is 15.6. The summed E-state index contributed by atoms with van der Waals surface area (Å²) >= 11 is 1.83. The van der Waals surface area contributed by atoms with Crippen LogP contribution in [-0.4, -0.2) is 19.9 Å². The van der Waals surface area contributed by atoms with E-state index in [1.165, 1.54) is 20.2 Å². The highest BCUT2D eigenvalue weighted by Gasteiger charge is 2.20. The zero-order valence-corrected chi connectivity index (χ0v) is 34.3. The zero-order valence-electron chi connectivity index (χ0n) is 33.5. The smallest absolute Gasteiger partial charge is 0.164 e. The number of rotatable bonds is 6. The first-order valence-electron chi connectivity index (χ1n) is 20.8. The number of fused-ring (bicyclic) bond motifs is 9. The van der Waals surface area contributed by atoms with Gasteiger partial charge in [-0.2, -0.15) is 0 Å². The molecular weight excluding hydrogens is 793 g/mol. The summed E-state index contributed by atoms with van der Waals surface area (Å²) in [6.07, 6.45) is 3.65. The Morgan fingerprint density at radius 3 is 1.70 bits per heavy atom. The van der Waals surface area contributed by atoms with Crippen molar-refractivity contribution in [3.63, 3.8) is 0 Å². The lowest BCUT2D eigenvalue weighted by Gasteiger charge is -2.11. The largest absolute Gasteiger partial charge is 0.456 e. The van der Waals surface area contributed by atoms with E-state index in [-0.39, 0.29) is 0 Å². The van der Waals surface area contributed by atoms with Crippen LogP contribution in [0.4, 0.5) is 0 Å². The molecule has 0 aliphatic carbocycles. The number of hydrogen-bond acceptors (Lipinski definition) is 7. The minimum atomic E-state index is 0.563. The second kappa shape index (κ2) is 14.2. The van der Waals surface area contributed by atoms with Gasteiger partial charge in [0.1, 0.15) is 22.3 Å². The van der Waals surface area contributed by atoms with Gasteiger partial charge in [-0.15, -0.1) is 11.3 Å². The molecule has 0 spiro atoms. The van der Waals surface area contributed by atoms with Crippen molar-refractivity contribution < 1.29 is 8.83 Å². The summed E-state index contributed by atoms with van der Waals surface area (Å²) in [5.41, 5.74) is 12.4. The first-order chi connectivity index (χ1) is 31.2. The van der Waals surface area contributed by atoms with Gasteiger partial charge in [-0.1, -0.05) is 127 Å². The minimum absolute atomic E-state index is 0.563. The molecule has 6 nitrogen and oxygen atoms in total. The van der Waals surface area contributed by atoms with Crippen LogP contribution in [0.2, 0.25) is 0 Å². The molecule has 0 saturated heterocycles. The summed E-state index contributed by atoms with van der Waals surface area (Å²) in [4.78, 5) is 19.6. The van der Waals surface area contributed by atoms with Crippen molar-refractivity contribution in [1.82, 2.24) is 19.9 Å². The molecule has 0 atom stereocenters. The van der Waals surface area contributed by atoms with Gasteiger partial charge in [0, 0.05) is 76.4 Å². The number of aromatic nitrogens is 4. The van der Waals surface area contributed by atoms with Gasteiger partial charge in [0.15, 0.2) is 17.5 Å². The van der Waals surface area contributed by atoms with Crippen LogP contribution in [0.3, 0.4) is 0 Å². The van der Waals surface area contributed by atoms with Crippen LogP contribution in [0.25, 0.3) is 132 Å². The van der Waals surface area contributed by atoms with E-state index in [1.54, 1.807) is 6.20 Å². The van der Waals surface area contributed by atoms with Crippen LogP contribution in [0.1, 0.15) is 0 Å². The van der Waals surface area contributed by atoms with E-state index in [1.807, 2.05) is 53.9 Å². The van der Waals surface area contributed by atoms with Crippen molar-refractivity contribution >= 4 is 75.4 Å². The Labute approximate surface area is 364 Å². The van der Waals surface area contributed by atoms with Gasteiger partial charge in [-0.25, -0.2) is 15.0 Å². The molecule has 13 rings (SSSR count). The maximum absolute atomic E-state index is 6.73. The van der Waals surface area contributed by atoms with E-state index in [9.17, 15) is 0 Å². The summed E-state index contributed by atoms with van der Waals surface area (Å²) in [5, 5.41) is 6.84. The number of hydrogen-bond donors (Lipinski definition) is 0. The molecule has 0 amide bonds. The Kier molecular flexibility index (Phi) is 7.98. The number of nitrogens with zero attached hydrogens (tertiary/aromatic N) is 4. The Morgan fingerprint density at radius 1 is 0.349 bits per heavy atom. The first kappa shape index (κ1) is 35.5. The fourth-order valence-corrected chi connectivity index (χ4v) is 10.0. The molecule has 13 aromatic rings. The van der Waals surface area contributed by atoms with Crippen molar-refractivity contribution in [3.05, 3.63) is 194 Å². The molecule has 5 aromatic heterocycles. The summed E-state index contributed by atoms with van der Waals surface area (Å²) in [7, 11) is 0. The van der Waals surface area contributed by atoms with E-state index >= 15 is 0 Å². The molecule has 0 aliphatic heterocycles. The van der Waals surface area contributed by atoms with Crippen molar-refractivity contribution in [2.45, 2.75) is 0 Å². The maximum atomic E-state index is 6.73. The molecule has 0 fully saturated rings. The molecule has 8 aromatic carbocycles. The molecule has 0 unspecified atom stereocenters. The Morgan fingerprint density at radius 2 is 0.937 bits per heavy atom. The van der Waals surface area contributed by atoms with Crippen LogP contribution in [0, 0.1) is 0 Å². The number of pyridine rings is 1. The average molecular weight is 825 g/mol. The summed E-state index contributed by atoms with van der Waals surface area (Å²) in [6.45, 7) is 0. The normalized spacial score (nSPS) is 11.8. The zero-order chi connectivity index (χ0) is 41.4. The Bertz CT molecular complexity index is 3910. The molecular formula is C56H32N4O2S. The first-order valence-corrected chi connectivity index (χ1v) is 21.7.